The normalized spacial score (nSPS) is 18.0. The van der Waals surface area contributed by atoms with E-state index in [4.69, 9.17) is 4.52 Å². The highest BCUT2D eigenvalue weighted by atomic mass is 19.1. The number of benzene rings is 1. The Morgan fingerprint density at radius 2 is 2.40 bits per heavy atom. The zero-order valence-corrected chi connectivity index (χ0v) is 13.9. The lowest BCUT2D eigenvalue weighted by Gasteiger charge is -2.30. The number of likely N-dealkylation sites (tertiary alicyclic amines) is 1. The van der Waals surface area contributed by atoms with E-state index in [-0.39, 0.29) is 17.6 Å². The summed E-state index contributed by atoms with van der Waals surface area (Å²) in [4.78, 5) is 18.4. The summed E-state index contributed by atoms with van der Waals surface area (Å²) in [6, 6.07) is 6.12. The number of carbonyl (C=O) groups excluding carboxylic acids is 1. The van der Waals surface area contributed by atoms with Crippen molar-refractivity contribution in [3.63, 3.8) is 0 Å². The monoisotopic (exact) mass is 344 g/mol. The molecule has 1 amide bonds. The summed E-state index contributed by atoms with van der Waals surface area (Å²) in [7, 11) is 0. The first kappa shape index (κ1) is 17.3. The van der Waals surface area contributed by atoms with Crippen molar-refractivity contribution in [2.45, 2.75) is 18.8 Å². The third-order valence-electron chi connectivity index (χ3n) is 4.19. The fraction of sp³-hybridized carbons (Fsp3) is 0.389. The molecule has 1 aromatic carbocycles. The van der Waals surface area contributed by atoms with Crippen LogP contribution in [0.3, 0.4) is 0 Å². The molecule has 7 heteroatoms. The van der Waals surface area contributed by atoms with E-state index in [2.05, 4.69) is 26.9 Å². The second kappa shape index (κ2) is 8.02. The van der Waals surface area contributed by atoms with E-state index >= 15 is 0 Å². The largest absolute Gasteiger partial charge is 0.352 e. The fourth-order valence-electron chi connectivity index (χ4n) is 2.99. The number of nitrogens with one attached hydrogen (secondary N) is 1. The van der Waals surface area contributed by atoms with E-state index < -0.39 is 0 Å². The predicted octanol–water partition coefficient (Wildman–Crippen LogP) is 2.36. The molecule has 1 saturated heterocycles. The van der Waals surface area contributed by atoms with Crippen molar-refractivity contribution in [2.75, 3.05) is 26.2 Å². The molecule has 132 valence electrons. The molecule has 2 heterocycles. The van der Waals surface area contributed by atoms with Crippen LogP contribution < -0.4 is 5.32 Å². The van der Waals surface area contributed by atoms with Gasteiger partial charge in [0.25, 0.3) is 0 Å². The lowest BCUT2D eigenvalue weighted by molar-refractivity contribution is -0.122. The van der Waals surface area contributed by atoms with Gasteiger partial charge in [-0.05, 0) is 31.5 Å². The average molecular weight is 344 g/mol. The number of halogens is 1. The van der Waals surface area contributed by atoms with Crippen molar-refractivity contribution in [2.24, 2.45) is 0 Å². The summed E-state index contributed by atoms with van der Waals surface area (Å²) >= 11 is 0. The van der Waals surface area contributed by atoms with Gasteiger partial charge in [0.15, 0.2) is 0 Å². The van der Waals surface area contributed by atoms with Gasteiger partial charge in [0.05, 0.1) is 12.5 Å². The third kappa shape index (κ3) is 4.51. The summed E-state index contributed by atoms with van der Waals surface area (Å²) in [5, 5.41) is 6.75. The fourth-order valence-corrected chi connectivity index (χ4v) is 2.99. The van der Waals surface area contributed by atoms with Crippen LogP contribution in [-0.4, -0.2) is 47.1 Å². The molecule has 2 aromatic rings. The summed E-state index contributed by atoms with van der Waals surface area (Å²) in [5.74, 6) is 0.645. The minimum atomic E-state index is -0.335. The zero-order chi connectivity index (χ0) is 17.6. The topological polar surface area (TPSA) is 71.3 Å². The van der Waals surface area contributed by atoms with Gasteiger partial charge in [-0.15, -0.1) is 6.58 Å². The second-order valence-electron chi connectivity index (χ2n) is 6.13. The number of rotatable bonds is 6. The second-order valence-corrected chi connectivity index (χ2v) is 6.13. The molecule has 1 atom stereocenters. The van der Waals surface area contributed by atoms with Crippen LogP contribution in [0, 0.1) is 5.82 Å². The molecular formula is C18H21FN4O2. The summed E-state index contributed by atoms with van der Waals surface area (Å²) in [5.41, 5.74) is 0.589. The quantitative estimate of drug-likeness (QED) is 0.815. The van der Waals surface area contributed by atoms with Gasteiger partial charge in [-0.25, -0.2) is 4.39 Å². The van der Waals surface area contributed by atoms with Crippen molar-refractivity contribution in [3.05, 3.63) is 48.6 Å². The highest BCUT2D eigenvalue weighted by Gasteiger charge is 2.27. The lowest BCUT2D eigenvalue weighted by atomic mass is 9.98. The molecule has 1 N–H and O–H groups in total. The highest BCUT2D eigenvalue weighted by Crippen LogP contribution is 2.27. The van der Waals surface area contributed by atoms with Crippen molar-refractivity contribution >= 4 is 5.91 Å². The van der Waals surface area contributed by atoms with Crippen LogP contribution in [0.15, 0.2) is 41.4 Å². The highest BCUT2D eigenvalue weighted by molar-refractivity contribution is 5.78. The van der Waals surface area contributed by atoms with E-state index in [1.54, 1.807) is 18.2 Å². The summed E-state index contributed by atoms with van der Waals surface area (Å²) in [6.07, 6.45) is 3.54. The summed E-state index contributed by atoms with van der Waals surface area (Å²) in [6.45, 7) is 5.95. The van der Waals surface area contributed by atoms with Crippen LogP contribution in [0.2, 0.25) is 0 Å². The number of carbonyl (C=O) groups is 1. The van der Waals surface area contributed by atoms with Crippen LogP contribution in [0.25, 0.3) is 11.4 Å². The molecule has 0 aliphatic carbocycles. The van der Waals surface area contributed by atoms with E-state index in [9.17, 15) is 9.18 Å². The Labute approximate surface area is 145 Å². The Hall–Kier alpha value is -2.54. The minimum Gasteiger partial charge on any atom is -0.352 e. The van der Waals surface area contributed by atoms with Crippen LogP contribution in [-0.2, 0) is 4.79 Å². The Kier molecular flexibility index (Phi) is 5.55. The predicted molar refractivity (Wildman–Crippen MR) is 91.3 cm³/mol. The third-order valence-corrected chi connectivity index (χ3v) is 4.19. The van der Waals surface area contributed by atoms with Crippen LogP contribution in [0.5, 0.6) is 0 Å². The van der Waals surface area contributed by atoms with Gasteiger partial charge in [-0.1, -0.05) is 23.4 Å². The first-order valence-electron chi connectivity index (χ1n) is 8.35. The van der Waals surface area contributed by atoms with Crippen molar-refractivity contribution in [1.29, 1.82) is 0 Å². The number of amides is 1. The van der Waals surface area contributed by atoms with Gasteiger partial charge in [0.2, 0.25) is 17.6 Å². The molecule has 1 fully saturated rings. The van der Waals surface area contributed by atoms with Gasteiger partial charge in [0, 0.05) is 18.7 Å². The van der Waals surface area contributed by atoms with Crippen molar-refractivity contribution < 1.29 is 13.7 Å². The van der Waals surface area contributed by atoms with Crippen LogP contribution >= 0.6 is 0 Å². The van der Waals surface area contributed by atoms with Gasteiger partial charge >= 0.3 is 0 Å². The van der Waals surface area contributed by atoms with Gasteiger partial charge in [0.1, 0.15) is 5.82 Å². The SMILES string of the molecule is C=CCNC(=O)CN1CCC[C@H](c2nc(-c3cccc(F)c3)no2)C1. The maximum Gasteiger partial charge on any atom is 0.234 e. The maximum atomic E-state index is 13.3. The van der Waals surface area contributed by atoms with Gasteiger partial charge < -0.3 is 9.84 Å². The molecule has 6 nitrogen and oxygen atoms in total. The Morgan fingerprint density at radius 3 is 3.20 bits per heavy atom. The van der Waals surface area contributed by atoms with E-state index in [1.807, 2.05) is 0 Å². The molecule has 3 rings (SSSR count). The molecule has 0 radical (unpaired) electrons. The Bertz CT molecular complexity index is 746. The molecule has 1 aromatic heterocycles. The first-order valence-corrected chi connectivity index (χ1v) is 8.35. The Morgan fingerprint density at radius 1 is 1.52 bits per heavy atom. The molecule has 0 spiro atoms. The van der Waals surface area contributed by atoms with Gasteiger partial charge in [-0.3, -0.25) is 9.69 Å². The number of hydrogen-bond donors (Lipinski definition) is 1. The zero-order valence-electron chi connectivity index (χ0n) is 13.9. The summed E-state index contributed by atoms with van der Waals surface area (Å²) < 4.78 is 18.7. The number of aromatic nitrogens is 2. The smallest absolute Gasteiger partial charge is 0.234 e. The van der Waals surface area contributed by atoms with E-state index in [1.165, 1.54) is 12.1 Å². The number of nitrogens with zero attached hydrogens (tertiary/aromatic N) is 3. The standard InChI is InChI=1S/C18H21FN4O2/c1-2-8-20-16(24)12-23-9-4-6-14(11-23)18-21-17(22-25-18)13-5-3-7-15(19)10-13/h2-3,5,7,10,14H,1,4,6,8-9,11-12H2,(H,20,24)/t14-/m0/s1. The average Bonchev–Trinajstić information content (AvgIpc) is 3.10. The molecular weight excluding hydrogens is 323 g/mol. The maximum absolute atomic E-state index is 13.3. The first-order chi connectivity index (χ1) is 12.2. The molecule has 1 aliphatic rings. The molecule has 0 unspecified atom stereocenters. The molecule has 1 aliphatic heterocycles. The van der Waals surface area contributed by atoms with E-state index in [0.29, 0.717) is 36.9 Å². The minimum absolute atomic E-state index is 0.0217. The van der Waals surface area contributed by atoms with Crippen molar-refractivity contribution in [1.82, 2.24) is 20.4 Å². The van der Waals surface area contributed by atoms with Crippen molar-refractivity contribution in [3.8, 4) is 11.4 Å². The van der Waals surface area contributed by atoms with Crippen LogP contribution in [0.4, 0.5) is 4.39 Å². The molecule has 0 saturated carbocycles. The lowest BCUT2D eigenvalue weighted by Crippen LogP contribution is -2.42. The molecule has 25 heavy (non-hydrogen) atoms. The molecule has 0 bridgehead atoms. The van der Waals surface area contributed by atoms with Crippen LogP contribution in [0.1, 0.15) is 24.7 Å². The Balaban J connectivity index is 1.64. The van der Waals surface area contributed by atoms with E-state index in [0.717, 1.165) is 19.4 Å². The van der Waals surface area contributed by atoms with Gasteiger partial charge in [-0.2, -0.15) is 4.98 Å². The number of piperidine rings is 1. The number of hydrogen-bond acceptors (Lipinski definition) is 5.